The lowest BCUT2D eigenvalue weighted by Crippen LogP contribution is -2.48. The summed E-state index contributed by atoms with van der Waals surface area (Å²) in [4.78, 5) is 13.8. The van der Waals surface area contributed by atoms with E-state index in [9.17, 15) is 4.79 Å². The number of nitrogens with one attached hydrogen (secondary N) is 1. The lowest BCUT2D eigenvalue weighted by atomic mass is 10.1. The quantitative estimate of drug-likeness (QED) is 0.832. The third kappa shape index (κ3) is 4.72. The number of benzene rings is 1. The van der Waals surface area contributed by atoms with Crippen LogP contribution in [0.15, 0.2) is 24.3 Å². The Kier molecular flexibility index (Phi) is 5.59. The standard InChI is InChI=1S/C16H24N2O3/c1-12-10-18(9-8-17-12)11-14-4-6-15(7-5-14)21-13(2)16(19)20-3/h4-7,12-13,17H,8-11H2,1-3H3. The molecule has 0 spiro atoms. The zero-order valence-electron chi connectivity index (χ0n) is 13.0. The second kappa shape index (κ2) is 7.43. The summed E-state index contributed by atoms with van der Waals surface area (Å²) in [5, 5.41) is 3.44. The molecular formula is C16H24N2O3. The Bertz CT molecular complexity index is 461. The van der Waals surface area contributed by atoms with E-state index in [0.717, 1.165) is 26.2 Å². The molecular weight excluding hydrogens is 268 g/mol. The van der Waals surface area contributed by atoms with Crippen molar-refractivity contribution >= 4 is 5.97 Å². The summed E-state index contributed by atoms with van der Waals surface area (Å²) in [5.74, 6) is 0.319. The van der Waals surface area contributed by atoms with Gasteiger partial charge in [-0.1, -0.05) is 12.1 Å². The fourth-order valence-corrected chi connectivity index (χ4v) is 2.51. The summed E-state index contributed by atoms with van der Waals surface area (Å²) < 4.78 is 10.2. The van der Waals surface area contributed by atoms with E-state index in [0.29, 0.717) is 11.8 Å². The molecule has 2 rings (SSSR count). The maximum absolute atomic E-state index is 11.3. The van der Waals surface area contributed by atoms with Gasteiger partial charge in [0.1, 0.15) is 5.75 Å². The van der Waals surface area contributed by atoms with Crippen molar-refractivity contribution < 1.29 is 14.3 Å². The van der Waals surface area contributed by atoms with Crippen molar-refractivity contribution in [3.8, 4) is 5.75 Å². The van der Waals surface area contributed by atoms with Gasteiger partial charge < -0.3 is 14.8 Å². The molecule has 1 N–H and O–H groups in total. The molecule has 1 heterocycles. The van der Waals surface area contributed by atoms with Crippen LogP contribution >= 0.6 is 0 Å². The van der Waals surface area contributed by atoms with Crippen molar-refractivity contribution in [2.75, 3.05) is 26.7 Å². The van der Waals surface area contributed by atoms with Gasteiger partial charge in [0.15, 0.2) is 6.10 Å². The van der Waals surface area contributed by atoms with Crippen molar-refractivity contribution in [1.82, 2.24) is 10.2 Å². The first kappa shape index (κ1) is 15.8. The molecule has 1 aromatic carbocycles. The zero-order chi connectivity index (χ0) is 15.2. The largest absolute Gasteiger partial charge is 0.479 e. The molecule has 0 aliphatic carbocycles. The molecule has 5 nitrogen and oxygen atoms in total. The second-order valence-corrected chi connectivity index (χ2v) is 5.52. The van der Waals surface area contributed by atoms with Gasteiger partial charge in [0.25, 0.3) is 0 Å². The zero-order valence-corrected chi connectivity index (χ0v) is 13.0. The first-order valence-electron chi connectivity index (χ1n) is 7.37. The number of hydrogen-bond donors (Lipinski definition) is 1. The fourth-order valence-electron chi connectivity index (χ4n) is 2.51. The first-order chi connectivity index (χ1) is 10.1. The van der Waals surface area contributed by atoms with E-state index in [2.05, 4.69) is 21.9 Å². The van der Waals surface area contributed by atoms with Crippen molar-refractivity contribution in [3.63, 3.8) is 0 Å². The van der Waals surface area contributed by atoms with Gasteiger partial charge in [-0.05, 0) is 31.5 Å². The number of methoxy groups -OCH3 is 1. The smallest absolute Gasteiger partial charge is 0.346 e. The molecule has 2 atom stereocenters. The van der Waals surface area contributed by atoms with Crippen molar-refractivity contribution in [2.45, 2.75) is 32.5 Å². The molecule has 0 amide bonds. The van der Waals surface area contributed by atoms with E-state index in [-0.39, 0.29) is 5.97 Å². The lowest BCUT2D eigenvalue weighted by molar-refractivity contribution is -0.147. The number of piperazine rings is 1. The molecule has 1 aliphatic heterocycles. The van der Waals surface area contributed by atoms with Crippen molar-refractivity contribution in [2.24, 2.45) is 0 Å². The highest BCUT2D eigenvalue weighted by atomic mass is 16.6. The van der Waals surface area contributed by atoms with Gasteiger partial charge in [0, 0.05) is 32.2 Å². The third-order valence-corrected chi connectivity index (χ3v) is 3.63. The Morgan fingerprint density at radius 2 is 2.14 bits per heavy atom. The van der Waals surface area contributed by atoms with Crippen LogP contribution in [0.1, 0.15) is 19.4 Å². The molecule has 0 aromatic heterocycles. The van der Waals surface area contributed by atoms with Crippen LogP contribution in [0, 0.1) is 0 Å². The summed E-state index contributed by atoms with van der Waals surface area (Å²) in [5.41, 5.74) is 1.25. The average Bonchev–Trinajstić information content (AvgIpc) is 2.48. The van der Waals surface area contributed by atoms with Gasteiger partial charge in [0.2, 0.25) is 0 Å². The van der Waals surface area contributed by atoms with Gasteiger partial charge in [-0.3, -0.25) is 4.90 Å². The summed E-state index contributed by atoms with van der Waals surface area (Å²) in [6.07, 6.45) is -0.588. The van der Waals surface area contributed by atoms with Gasteiger partial charge in [-0.15, -0.1) is 0 Å². The lowest BCUT2D eigenvalue weighted by Gasteiger charge is -2.31. The molecule has 21 heavy (non-hydrogen) atoms. The van der Waals surface area contributed by atoms with Crippen LogP contribution in [0.4, 0.5) is 0 Å². The van der Waals surface area contributed by atoms with Crippen LogP contribution < -0.4 is 10.1 Å². The van der Waals surface area contributed by atoms with Crippen LogP contribution in [-0.4, -0.2) is 49.8 Å². The van der Waals surface area contributed by atoms with Crippen molar-refractivity contribution in [3.05, 3.63) is 29.8 Å². The van der Waals surface area contributed by atoms with Crippen LogP contribution in [-0.2, 0) is 16.1 Å². The van der Waals surface area contributed by atoms with Crippen molar-refractivity contribution in [1.29, 1.82) is 0 Å². The van der Waals surface area contributed by atoms with E-state index >= 15 is 0 Å². The Balaban J connectivity index is 1.88. The summed E-state index contributed by atoms with van der Waals surface area (Å²) >= 11 is 0. The molecule has 0 saturated carbocycles. The number of esters is 1. The number of nitrogens with zero attached hydrogens (tertiary/aromatic N) is 1. The molecule has 1 fully saturated rings. The van der Waals surface area contributed by atoms with E-state index in [4.69, 9.17) is 4.74 Å². The van der Waals surface area contributed by atoms with E-state index in [1.165, 1.54) is 12.7 Å². The van der Waals surface area contributed by atoms with Gasteiger partial charge in [0.05, 0.1) is 7.11 Å². The summed E-state index contributed by atoms with van der Waals surface area (Å²) in [6, 6.07) is 8.45. The van der Waals surface area contributed by atoms with Crippen LogP contribution in [0.2, 0.25) is 0 Å². The summed E-state index contributed by atoms with van der Waals surface area (Å²) in [7, 11) is 1.36. The number of hydrogen-bond acceptors (Lipinski definition) is 5. The first-order valence-corrected chi connectivity index (χ1v) is 7.37. The Morgan fingerprint density at radius 1 is 1.43 bits per heavy atom. The second-order valence-electron chi connectivity index (χ2n) is 5.52. The maximum Gasteiger partial charge on any atom is 0.346 e. The summed E-state index contributed by atoms with van der Waals surface area (Å²) in [6.45, 7) is 8.01. The molecule has 1 aliphatic rings. The minimum atomic E-state index is -0.588. The minimum Gasteiger partial charge on any atom is -0.479 e. The average molecular weight is 292 g/mol. The van der Waals surface area contributed by atoms with Crippen LogP contribution in [0.25, 0.3) is 0 Å². The highest BCUT2D eigenvalue weighted by Gasteiger charge is 2.16. The Hall–Kier alpha value is -1.59. The fraction of sp³-hybridized carbons (Fsp3) is 0.562. The Labute approximate surface area is 126 Å². The number of carbonyl (C=O) groups excluding carboxylic acids is 1. The van der Waals surface area contributed by atoms with Crippen LogP contribution in [0.3, 0.4) is 0 Å². The topological polar surface area (TPSA) is 50.8 Å². The minimum absolute atomic E-state index is 0.367. The molecule has 1 aromatic rings. The van der Waals surface area contributed by atoms with E-state index in [1.54, 1.807) is 6.92 Å². The molecule has 0 radical (unpaired) electrons. The number of carbonyl (C=O) groups is 1. The van der Waals surface area contributed by atoms with Gasteiger partial charge in [-0.25, -0.2) is 4.79 Å². The maximum atomic E-state index is 11.3. The normalized spacial score (nSPS) is 20.8. The third-order valence-electron chi connectivity index (χ3n) is 3.63. The SMILES string of the molecule is COC(=O)C(C)Oc1ccc(CN2CCNC(C)C2)cc1. The highest BCUT2D eigenvalue weighted by molar-refractivity contribution is 5.74. The number of rotatable bonds is 5. The monoisotopic (exact) mass is 292 g/mol. The molecule has 0 bridgehead atoms. The number of ether oxygens (including phenoxy) is 2. The van der Waals surface area contributed by atoms with E-state index in [1.807, 2.05) is 24.3 Å². The van der Waals surface area contributed by atoms with Gasteiger partial charge >= 0.3 is 5.97 Å². The predicted molar refractivity (Wildman–Crippen MR) is 81.3 cm³/mol. The molecule has 116 valence electrons. The van der Waals surface area contributed by atoms with Gasteiger partial charge in [-0.2, -0.15) is 0 Å². The molecule has 1 saturated heterocycles. The molecule has 5 heteroatoms. The predicted octanol–water partition coefficient (Wildman–Crippen LogP) is 1.42. The van der Waals surface area contributed by atoms with E-state index < -0.39 is 6.10 Å². The molecule has 2 unspecified atom stereocenters. The highest BCUT2D eigenvalue weighted by Crippen LogP contribution is 2.16. The van der Waals surface area contributed by atoms with Crippen LogP contribution in [0.5, 0.6) is 5.75 Å². The Morgan fingerprint density at radius 3 is 2.76 bits per heavy atom.